The molecule has 2 nitrogen and oxygen atoms in total. The van der Waals surface area contributed by atoms with E-state index in [2.05, 4.69) is 25.7 Å². The molecular formula is C14H30N2. The molecule has 2 N–H and O–H groups in total. The van der Waals surface area contributed by atoms with E-state index in [1.807, 2.05) is 0 Å². The summed E-state index contributed by atoms with van der Waals surface area (Å²) >= 11 is 0. The molecule has 1 rings (SSSR count). The molecule has 0 saturated heterocycles. The molecule has 0 heterocycles. The molecule has 0 bridgehead atoms. The van der Waals surface area contributed by atoms with Gasteiger partial charge in [-0.05, 0) is 58.0 Å². The van der Waals surface area contributed by atoms with E-state index in [-0.39, 0.29) is 0 Å². The molecule has 0 aromatic carbocycles. The maximum absolute atomic E-state index is 5.77. The van der Waals surface area contributed by atoms with Crippen molar-refractivity contribution in [3.63, 3.8) is 0 Å². The second-order valence-corrected chi connectivity index (χ2v) is 5.92. The molecule has 1 fully saturated rings. The van der Waals surface area contributed by atoms with Gasteiger partial charge in [0.25, 0.3) is 0 Å². The van der Waals surface area contributed by atoms with E-state index in [9.17, 15) is 0 Å². The minimum atomic E-state index is 0.380. The Hall–Kier alpha value is -0.0800. The molecule has 1 unspecified atom stereocenters. The number of hydrogen-bond donors (Lipinski definition) is 1. The Morgan fingerprint density at radius 2 is 1.75 bits per heavy atom. The van der Waals surface area contributed by atoms with E-state index in [1.165, 1.54) is 51.6 Å². The molecule has 1 aliphatic carbocycles. The van der Waals surface area contributed by atoms with Crippen molar-refractivity contribution in [1.29, 1.82) is 0 Å². The first-order valence-electron chi connectivity index (χ1n) is 7.09. The van der Waals surface area contributed by atoms with Gasteiger partial charge < -0.3 is 10.6 Å². The number of unbranched alkanes of at least 4 members (excludes halogenated alkanes) is 1. The number of nitrogens with zero attached hydrogens (tertiary/aromatic N) is 1. The topological polar surface area (TPSA) is 29.3 Å². The molecule has 0 aliphatic heterocycles. The van der Waals surface area contributed by atoms with Crippen molar-refractivity contribution >= 4 is 0 Å². The van der Waals surface area contributed by atoms with Gasteiger partial charge in [-0.15, -0.1) is 0 Å². The van der Waals surface area contributed by atoms with Crippen LogP contribution in [0.3, 0.4) is 0 Å². The predicted molar refractivity (Wildman–Crippen MR) is 71.6 cm³/mol. The molecule has 16 heavy (non-hydrogen) atoms. The standard InChI is InChI=1S/C14H30N2/c1-12(2)9-11-16(14-7-8-14)10-5-4-6-13(3)15/h12-14H,4-11,15H2,1-3H3. The molecule has 0 aromatic rings. The highest BCUT2D eigenvalue weighted by atomic mass is 15.2. The molecule has 0 radical (unpaired) electrons. The minimum Gasteiger partial charge on any atom is -0.328 e. The van der Waals surface area contributed by atoms with Gasteiger partial charge in [-0.3, -0.25) is 0 Å². The van der Waals surface area contributed by atoms with E-state index in [0.29, 0.717) is 6.04 Å². The summed E-state index contributed by atoms with van der Waals surface area (Å²) in [5.41, 5.74) is 5.77. The average Bonchev–Trinajstić information content (AvgIpc) is 2.99. The van der Waals surface area contributed by atoms with Gasteiger partial charge in [-0.25, -0.2) is 0 Å². The largest absolute Gasteiger partial charge is 0.328 e. The van der Waals surface area contributed by atoms with Crippen molar-refractivity contribution in [3.8, 4) is 0 Å². The smallest absolute Gasteiger partial charge is 0.00964 e. The second kappa shape index (κ2) is 7.29. The van der Waals surface area contributed by atoms with Gasteiger partial charge in [-0.2, -0.15) is 0 Å². The van der Waals surface area contributed by atoms with E-state index < -0.39 is 0 Å². The van der Waals surface area contributed by atoms with Gasteiger partial charge in [0.15, 0.2) is 0 Å². The number of nitrogens with two attached hydrogens (primary N) is 1. The average molecular weight is 226 g/mol. The Bertz CT molecular complexity index is 174. The molecule has 1 atom stereocenters. The van der Waals surface area contributed by atoms with Crippen molar-refractivity contribution < 1.29 is 0 Å². The Balaban J connectivity index is 2.08. The van der Waals surface area contributed by atoms with Crippen LogP contribution in [0, 0.1) is 5.92 Å². The summed E-state index contributed by atoms with van der Waals surface area (Å²) in [6.45, 7) is 9.35. The maximum Gasteiger partial charge on any atom is 0.00964 e. The summed E-state index contributed by atoms with van der Waals surface area (Å²) in [6.07, 6.45) is 8.03. The fourth-order valence-electron chi connectivity index (χ4n) is 2.12. The maximum atomic E-state index is 5.77. The monoisotopic (exact) mass is 226 g/mol. The molecule has 0 spiro atoms. The Labute approximate surface area is 102 Å². The van der Waals surface area contributed by atoms with Crippen LogP contribution in [0.4, 0.5) is 0 Å². The van der Waals surface area contributed by atoms with E-state index in [0.717, 1.165) is 12.0 Å². The summed E-state index contributed by atoms with van der Waals surface area (Å²) in [7, 11) is 0. The van der Waals surface area contributed by atoms with Crippen LogP contribution in [0.15, 0.2) is 0 Å². The Morgan fingerprint density at radius 1 is 1.06 bits per heavy atom. The third-order valence-corrected chi connectivity index (χ3v) is 3.41. The van der Waals surface area contributed by atoms with Crippen LogP contribution in [0.5, 0.6) is 0 Å². The first kappa shape index (κ1) is 14.0. The van der Waals surface area contributed by atoms with Crippen LogP contribution in [0.2, 0.25) is 0 Å². The predicted octanol–water partition coefficient (Wildman–Crippen LogP) is 3.01. The second-order valence-electron chi connectivity index (χ2n) is 5.92. The summed E-state index contributed by atoms with van der Waals surface area (Å²) < 4.78 is 0. The SMILES string of the molecule is CC(C)CCN(CCCCC(C)N)C1CC1. The van der Waals surface area contributed by atoms with Crippen molar-refractivity contribution in [2.75, 3.05) is 13.1 Å². The quantitative estimate of drug-likeness (QED) is 0.612. The summed E-state index contributed by atoms with van der Waals surface area (Å²) in [5, 5.41) is 0. The first-order valence-corrected chi connectivity index (χ1v) is 7.09. The highest BCUT2D eigenvalue weighted by Crippen LogP contribution is 2.27. The van der Waals surface area contributed by atoms with Crippen LogP contribution < -0.4 is 5.73 Å². The van der Waals surface area contributed by atoms with Crippen LogP contribution in [0.25, 0.3) is 0 Å². The lowest BCUT2D eigenvalue weighted by Crippen LogP contribution is -2.29. The third-order valence-electron chi connectivity index (χ3n) is 3.41. The molecular weight excluding hydrogens is 196 g/mol. The molecule has 1 aliphatic rings. The zero-order chi connectivity index (χ0) is 12.0. The van der Waals surface area contributed by atoms with Crippen molar-refractivity contribution in [2.45, 2.75) is 71.4 Å². The molecule has 0 aromatic heterocycles. The molecule has 0 amide bonds. The lowest BCUT2D eigenvalue weighted by Gasteiger charge is -2.23. The van der Waals surface area contributed by atoms with Crippen LogP contribution in [0.1, 0.15) is 59.3 Å². The normalized spacial score (nSPS) is 18.4. The van der Waals surface area contributed by atoms with Crippen molar-refractivity contribution in [3.05, 3.63) is 0 Å². The van der Waals surface area contributed by atoms with Crippen molar-refractivity contribution in [1.82, 2.24) is 4.90 Å². The highest BCUT2D eigenvalue weighted by Gasteiger charge is 2.27. The Morgan fingerprint density at radius 3 is 2.25 bits per heavy atom. The van der Waals surface area contributed by atoms with E-state index in [1.54, 1.807) is 0 Å². The van der Waals surface area contributed by atoms with Crippen molar-refractivity contribution in [2.24, 2.45) is 11.7 Å². The fourth-order valence-corrected chi connectivity index (χ4v) is 2.12. The van der Waals surface area contributed by atoms with Gasteiger partial charge in [0.1, 0.15) is 0 Å². The summed E-state index contributed by atoms with van der Waals surface area (Å²) in [5.74, 6) is 0.838. The minimum absolute atomic E-state index is 0.380. The van der Waals surface area contributed by atoms with Gasteiger partial charge >= 0.3 is 0 Å². The van der Waals surface area contributed by atoms with Gasteiger partial charge in [0, 0.05) is 12.1 Å². The highest BCUT2D eigenvalue weighted by molar-refractivity contribution is 4.84. The van der Waals surface area contributed by atoms with E-state index in [4.69, 9.17) is 5.73 Å². The first-order chi connectivity index (χ1) is 7.59. The molecule has 2 heteroatoms. The molecule has 1 saturated carbocycles. The summed E-state index contributed by atoms with van der Waals surface area (Å²) in [4.78, 5) is 2.71. The number of rotatable bonds is 9. The third kappa shape index (κ3) is 6.49. The Kier molecular flexibility index (Phi) is 6.37. The lowest BCUT2D eigenvalue weighted by atomic mass is 10.1. The van der Waals surface area contributed by atoms with Gasteiger partial charge in [-0.1, -0.05) is 20.3 Å². The lowest BCUT2D eigenvalue weighted by molar-refractivity contribution is 0.242. The van der Waals surface area contributed by atoms with Crippen LogP contribution >= 0.6 is 0 Å². The zero-order valence-corrected chi connectivity index (χ0v) is 11.4. The molecule has 96 valence electrons. The number of hydrogen-bond acceptors (Lipinski definition) is 2. The van der Waals surface area contributed by atoms with E-state index >= 15 is 0 Å². The fraction of sp³-hybridized carbons (Fsp3) is 1.00. The van der Waals surface area contributed by atoms with Gasteiger partial charge in [0.2, 0.25) is 0 Å². The summed E-state index contributed by atoms with van der Waals surface area (Å²) in [6, 6.07) is 1.30. The van der Waals surface area contributed by atoms with Gasteiger partial charge in [0.05, 0.1) is 0 Å². The van der Waals surface area contributed by atoms with Crippen LogP contribution in [-0.2, 0) is 0 Å². The van der Waals surface area contributed by atoms with Crippen LogP contribution in [-0.4, -0.2) is 30.1 Å². The zero-order valence-electron chi connectivity index (χ0n) is 11.4.